The first kappa shape index (κ1) is 14.1. The van der Waals surface area contributed by atoms with E-state index in [0.717, 1.165) is 37.6 Å². The van der Waals surface area contributed by atoms with Crippen LogP contribution in [0.15, 0.2) is 24.4 Å². The summed E-state index contributed by atoms with van der Waals surface area (Å²) in [6, 6.07) is 3.72. The molecule has 1 aromatic carbocycles. The van der Waals surface area contributed by atoms with E-state index < -0.39 is 16.4 Å². The second-order valence-corrected chi connectivity index (χ2v) is 5.10. The lowest BCUT2D eigenvalue weighted by Gasteiger charge is -2.14. The van der Waals surface area contributed by atoms with E-state index in [-0.39, 0.29) is 11.6 Å². The van der Waals surface area contributed by atoms with E-state index in [2.05, 4.69) is 10.4 Å². The molecule has 0 atom stereocenters. The number of benzene rings is 1. The van der Waals surface area contributed by atoms with Gasteiger partial charge in [0, 0.05) is 18.3 Å². The Hall–Kier alpha value is -2.90. The third-order valence-corrected chi connectivity index (χ3v) is 3.66. The number of aromatic nitrogens is 2. The smallest absolute Gasteiger partial charge is 0.312 e. The van der Waals surface area contributed by atoms with Crippen molar-refractivity contribution < 1.29 is 14.8 Å². The Morgan fingerprint density at radius 2 is 2.23 bits per heavy atom. The van der Waals surface area contributed by atoms with Crippen molar-refractivity contribution in [1.29, 1.82) is 0 Å². The number of nitrogens with one attached hydrogen (secondary N) is 1. The molecule has 0 fully saturated rings. The van der Waals surface area contributed by atoms with Gasteiger partial charge >= 0.3 is 5.69 Å². The fraction of sp³-hybridized carbons (Fsp3) is 0.286. The largest absolute Gasteiger partial charge is 0.502 e. The van der Waals surface area contributed by atoms with E-state index in [1.807, 2.05) is 4.68 Å². The summed E-state index contributed by atoms with van der Waals surface area (Å²) >= 11 is 0. The maximum atomic E-state index is 12.3. The van der Waals surface area contributed by atoms with Gasteiger partial charge in [0.25, 0.3) is 5.91 Å². The normalized spacial score (nSPS) is 13.5. The lowest BCUT2D eigenvalue weighted by Crippen LogP contribution is -2.17. The Balaban J connectivity index is 1.84. The number of carbonyl (C=O) groups is 1. The lowest BCUT2D eigenvalue weighted by atomic mass is 10.1. The van der Waals surface area contributed by atoms with E-state index in [4.69, 9.17) is 0 Å². The molecule has 2 aromatic rings. The van der Waals surface area contributed by atoms with E-state index in [1.165, 1.54) is 18.3 Å². The molecule has 1 aromatic heterocycles. The highest BCUT2D eigenvalue weighted by molar-refractivity contribution is 6.05. The zero-order valence-corrected chi connectivity index (χ0v) is 11.7. The molecule has 1 amide bonds. The van der Waals surface area contributed by atoms with Gasteiger partial charge in [-0.3, -0.25) is 19.6 Å². The van der Waals surface area contributed by atoms with E-state index in [0.29, 0.717) is 5.56 Å². The Kier molecular flexibility index (Phi) is 3.50. The van der Waals surface area contributed by atoms with Crippen molar-refractivity contribution in [1.82, 2.24) is 9.78 Å². The van der Waals surface area contributed by atoms with Crippen LogP contribution in [0.3, 0.4) is 0 Å². The number of nitrogens with zero attached hydrogens (tertiary/aromatic N) is 3. The number of aryl methyl sites for hydroxylation is 1. The van der Waals surface area contributed by atoms with Crippen LogP contribution >= 0.6 is 0 Å². The SMILES string of the molecule is O=C(Nc1ccc(O)c([N+](=O)[O-])c1)c1cnn2c1CCCC2. The number of hydrogen-bond acceptors (Lipinski definition) is 5. The van der Waals surface area contributed by atoms with Crippen molar-refractivity contribution in [3.05, 3.63) is 45.8 Å². The molecule has 8 heteroatoms. The topological polar surface area (TPSA) is 110 Å². The van der Waals surface area contributed by atoms with Crippen LogP contribution in [0.5, 0.6) is 5.75 Å². The summed E-state index contributed by atoms with van der Waals surface area (Å²) in [5.41, 5.74) is 1.17. The summed E-state index contributed by atoms with van der Waals surface area (Å²) in [4.78, 5) is 22.4. The van der Waals surface area contributed by atoms with Crippen molar-refractivity contribution in [3.63, 3.8) is 0 Å². The average molecular weight is 302 g/mol. The van der Waals surface area contributed by atoms with Gasteiger partial charge < -0.3 is 10.4 Å². The van der Waals surface area contributed by atoms with E-state index >= 15 is 0 Å². The van der Waals surface area contributed by atoms with Crippen LogP contribution in [0.25, 0.3) is 0 Å². The van der Waals surface area contributed by atoms with Gasteiger partial charge in [-0.25, -0.2) is 0 Å². The van der Waals surface area contributed by atoms with E-state index in [1.54, 1.807) is 0 Å². The maximum Gasteiger partial charge on any atom is 0.312 e. The molecule has 8 nitrogen and oxygen atoms in total. The van der Waals surface area contributed by atoms with Crippen LogP contribution in [0, 0.1) is 10.1 Å². The fourth-order valence-electron chi connectivity index (χ4n) is 2.56. The Morgan fingerprint density at radius 1 is 1.41 bits per heavy atom. The van der Waals surface area contributed by atoms with Crippen molar-refractivity contribution in [2.24, 2.45) is 0 Å². The average Bonchev–Trinajstić information content (AvgIpc) is 2.93. The third kappa shape index (κ3) is 2.50. The molecule has 2 N–H and O–H groups in total. The Morgan fingerprint density at radius 3 is 3.00 bits per heavy atom. The molecular weight excluding hydrogens is 288 g/mol. The van der Waals surface area contributed by atoms with Gasteiger partial charge in [-0.05, 0) is 31.4 Å². The molecule has 0 unspecified atom stereocenters. The summed E-state index contributed by atoms with van der Waals surface area (Å²) < 4.78 is 1.82. The summed E-state index contributed by atoms with van der Waals surface area (Å²) in [6.07, 6.45) is 4.36. The van der Waals surface area contributed by atoms with Gasteiger partial charge in [-0.2, -0.15) is 5.10 Å². The van der Waals surface area contributed by atoms with Gasteiger partial charge in [0.05, 0.1) is 22.4 Å². The molecule has 0 radical (unpaired) electrons. The van der Waals surface area contributed by atoms with Crippen LogP contribution in [0.1, 0.15) is 28.9 Å². The van der Waals surface area contributed by atoms with Gasteiger partial charge in [0.1, 0.15) is 0 Å². The third-order valence-electron chi connectivity index (χ3n) is 3.66. The second-order valence-electron chi connectivity index (χ2n) is 5.10. The molecule has 114 valence electrons. The van der Waals surface area contributed by atoms with Gasteiger partial charge in [-0.1, -0.05) is 0 Å². The van der Waals surface area contributed by atoms with Gasteiger partial charge in [0.15, 0.2) is 5.75 Å². The minimum Gasteiger partial charge on any atom is -0.502 e. The monoisotopic (exact) mass is 302 g/mol. The number of rotatable bonds is 3. The summed E-state index contributed by atoms with van der Waals surface area (Å²) in [6.45, 7) is 0.799. The Bertz CT molecular complexity index is 753. The molecule has 2 heterocycles. The second kappa shape index (κ2) is 5.47. The first-order chi connectivity index (χ1) is 10.6. The van der Waals surface area contributed by atoms with Crippen LogP contribution < -0.4 is 5.32 Å². The van der Waals surface area contributed by atoms with Gasteiger partial charge in [0.2, 0.25) is 0 Å². The van der Waals surface area contributed by atoms with Crippen LogP contribution in [0.2, 0.25) is 0 Å². The Labute approximate surface area is 125 Å². The molecule has 0 saturated heterocycles. The summed E-state index contributed by atoms with van der Waals surface area (Å²) in [7, 11) is 0. The minimum absolute atomic E-state index is 0.255. The maximum absolute atomic E-state index is 12.3. The quantitative estimate of drug-likeness (QED) is 0.512. The summed E-state index contributed by atoms with van der Waals surface area (Å²) in [5, 5.41) is 27.0. The standard InChI is InChI=1S/C14H14N4O4/c19-13-5-4-9(7-12(13)18(21)22)16-14(20)10-8-15-17-6-2-1-3-11(10)17/h4-5,7-8,19H,1-3,6H2,(H,16,20). The number of phenolic OH excluding ortho intramolecular Hbond substituents is 1. The lowest BCUT2D eigenvalue weighted by molar-refractivity contribution is -0.385. The highest BCUT2D eigenvalue weighted by atomic mass is 16.6. The highest BCUT2D eigenvalue weighted by Gasteiger charge is 2.21. The number of anilines is 1. The van der Waals surface area contributed by atoms with Crippen molar-refractivity contribution in [3.8, 4) is 5.75 Å². The molecule has 0 aliphatic carbocycles. The fourth-order valence-corrected chi connectivity index (χ4v) is 2.56. The zero-order valence-electron chi connectivity index (χ0n) is 11.7. The predicted molar refractivity (Wildman–Crippen MR) is 77.9 cm³/mol. The number of nitro groups is 1. The first-order valence-corrected chi connectivity index (χ1v) is 6.89. The molecule has 1 aliphatic heterocycles. The van der Waals surface area contributed by atoms with E-state index in [9.17, 15) is 20.0 Å². The van der Waals surface area contributed by atoms with Crippen LogP contribution in [-0.4, -0.2) is 25.7 Å². The molecule has 3 rings (SSSR count). The summed E-state index contributed by atoms with van der Waals surface area (Å²) in [5.74, 6) is -0.797. The predicted octanol–water partition coefficient (Wildman–Crippen LogP) is 2.09. The molecule has 0 spiro atoms. The molecule has 0 bridgehead atoms. The number of carbonyl (C=O) groups excluding carboxylic acids is 1. The number of hydrogen-bond donors (Lipinski definition) is 2. The number of fused-ring (bicyclic) bond motifs is 1. The van der Waals surface area contributed by atoms with Crippen LogP contribution in [0.4, 0.5) is 11.4 Å². The van der Waals surface area contributed by atoms with Crippen molar-refractivity contribution in [2.45, 2.75) is 25.8 Å². The first-order valence-electron chi connectivity index (χ1n) is 6.89. The number of amides is 1. The highest BCUT2D eigenvalue weighted by Crippen LogP contribution is 2.29. The minimum atomic E-state index is -0.702. The molecule has 22 heavy (non-hydrogen) atoms. The van der Waals surface area contributed by atoms with Gasteiger partial charge in [-0.15, -0.1) is 0 Å². The number of aromatic hydroxyl groups is 1. The van der Waals surface area contributed by atoms with Crippen molar-refractivity contribution in [2.75, 3.05) is 5.32 Å². The zero-order chi connectivity index (χ0) is 15.7. The number of nitro benzene ring substituents is 1. The number of phenols is 1. The molecule has 0 saturated carbocycles. The molecule has 1 aliphatic rings. The van der Waals surface area contributed by atoms with Crippen LogP contribution in [-0.2, 0) is 13.0 Å². The van der Waals surface area contributed by atoms with Crippen molar-refractivity contribution >= 4 is 17.3 Å². The molecular formula is C14H14N4O4.